The molecule has 4 nitrogen and oxygen atoms in total. The number of likely N-dealkylation sites (N-methyl/N-ethyl adjacent to an activating group) is 1. The Morgan fingerprint density at radius 3 is 2.94 bits per heavy atom. The predicted octanol–water partition coefficient (Wildman–Crippen LogP) is 1.89. The first-order chi connectivity index (χ1) is 8.63. The lowest BCUT2D eigenvalue weighted by Gasteiger charge is -2.35. The number of aryl methyl sites for hydroxylation is 1. The van der Waals surface area contributed by atoms with Crippen LogP contribution in [0.5, 0.6) is 0 Å². The maximum Gasteiger partial charge on any atom is 0.270 e. The minimum atomic E-state index is 0.0874. The number of aromatic nitrogens is 1. The Bertz CT molecular complexity index is 428. The van der Waals surface area contributed by atoms with Gasteiger partial charge in [-0.05, 0) is 32.4 Å². The van der Waals surface area contributed by atoms with Crippen LogP contribution in [-0.2, 0) is 7.05 Å². The third-order valence-corrected chi connectivity index (χ3v) is 3.73. The highest BCUT2D eigenvalue weighted by molar-refractivity contribution is 6.31. The van der Waals surface area contributed by atoms with Crippen LogP contribution >= 0.6 is 11.6 Å². The molecule has 1 atom stereocenters. The first-order valence-corrected chi connectivity index (χ1v) is 6.78. The Morgan fingerprint density at radius 1 is 1.56 bits per heavy atom. The van der Waals surface area contributed by atoms with Crippen molar-refractivity contribution < 1.29 is 4.79 Å². The molecule has 1 amide bonds. The number of likely N-dealkylation sites (tertiary alicyclic amines) is 1. The number of halogens is 1. The molecular formula is C13H20ClN3O. The molecule has 2 heterocycles. The van der Waals surface area contributed by atoms with E-state index in [0.717, 1.165) is 25.9 Å². The molecule has 0 radical (unpaired) electrons. The summed E-state index contributed by atoms with van der Waals surface area (Å²) >= 11 is 5.94. The standard InChI is InChI=1S/C13H20ClN3O/c1-15-8-11-5-3-4-6-17(11)13(18)12-7-10(14)9-16(12)2/h7,9,11,15H,3-6,8H2,1-2H3. The number of piperidine rings is 1. The lowest BCUT2D eigenvalue weighted by molar-refractivity contribution is 0.0605. The normalized spacial score (nSPS) is 20.2. The summed E-state index contributed by atoms with van der Waals surface area (Å²) in [5, 5.41) is 3.78. The molecule has 2 rings (SSSR count). The fraction of sp³-hybridized carbons (Fsp3) is 0.615. The number of carbonyl (C=O) groups is 1. The van der Waals surface area contributed by atoms with Crippen LogP contribution in [0.1, 0.15) is 29.8 Å². The van der Waals surface area contributed by atoms with Crippen LogP contribution < -0.4 is 5.32 Å². The molecule has 1 aromatic rings. The molecule has 1 saturated heterocycles. The number of carbonyl (C=O) groups excluding carboxylic acids is 1. The van der Waals surface area contributed by atoms with Gasteiger partial charge in [0.15, 0.2) is 0 Å². The zero-order valence-corrected chi connectivity index (χ0v) is 11.7. The molecule has 5 heteroatoms. The van der Waals surface area contributed by atoms with E-state index in [1.807, 2.05) is 19.0 Å². The fourth-order valence-corrected chi connectivity index (χ4v) is 2.85. The predicted molar refractivity (Wildman–Crippen MR) is 73.0 cm³/mol. The van der Waals surface area contributed by atoms with Gasteiger partial charge in [0, 0.05) is 32.4 Å². The van der Waals surface area contributed by atoms with Gasteiger partial charge >= 0.3 is 0 Å². The molecular weight excluding hydrogens is 250 g/mol. The van der Waals surface area contributed by atoms with Crippen LogP contribution in [0.25, 0.3) is 0 Å². The highest BCUT2D eigenvalue weighted by Gasteiger charge is 2.28. The zero-order chi connectivity index (χ0) is 13.1. The second kappa shape index (κ2) is 5.76. The van der Waals surface area contributed by atoms with E-state index in [1.165, 1.54) is 6.42 Å². The van der Waals surface area contributed by atoms with Gasteiger partial charge in [0.25, 0.3) is 5.91 Å². The van der Waals surface area contributed by atoms with Crippen molar-refractivity contribution >= 4 is 17.5 Å². The van der Waals surface area contributed by atoms with E-state index in [0.29, 0.717) is 16.8 Å². The third-order valence-electron chi connectivity index (χ3n) is 3.52. The summed E-state index contributed by atoms with van der Waals surface area (Å²) in [6.45, 7) is 1.69. The van der Waals surface area contributed by atoms with Gasteiger partial charge in [0.05, 0.1) is 5.02 Å². The maximum absolute atomic E-state index is 12.5. The number of rotatable bonds is 3. The largest absolute Gasteiger partial charge is 0.345 e. The van der Waals surface area contributed by atoms with Crippen molar-refractivity contribution in [3.63, 3.8) is 0 Å². The molecule has 1 fully saturated rings. The monoisotopic (exact) mass is 269 g/mol. The number of nitrogens with one attached hydrogen (secondary N) is 1. The number of hydrogen-bond acceptors (Lipinski definition) is 2. The second-order valence-electron chi connectivity index (χ2n) is 4.86. The molecule has 1 aromatic heterocycles. The molecule has 1 aliphatic heterocycles. The first-order valence-electron chi connectivity index (χ1n) is 6.41. The lowest BCUT2D eigenvalue weighted by Crippen LogP contribution is -2.48. The van der Waals surface area contributed by atoms with Gasteiger partial charge in [0.2, 0.25) is 0 Å². The highest BCUT2D eigenvalue weighted by atomic mass is 35.5. The molecule has 0 bridgehead atoms. The van der Waals surface area contributed by atoms with Crippen LogP contribution in [0.3, 0.4) is 0 Å². The van der Waals surface area contributed by atoms with Crippen molar-refractivity contribution in [1.29, 1.82) is 0 Å². The van der Waals surface area contributed by atoms with Crippen molar-refractivity contribution in [1.82, 2.24) is 14.8 Å². The van der Waals surface area contributed by atoms with Crippen molar-refractivity contribution in [2.45, 2.75) is 25.3 Å². The SMILES string of the molecule is CNCC1CCCCN1C(=O)c1cc(Cl)cn1C. The summed E-state index contributed by atoms with van der Waals surface area (Å²) < 4.78 is 1.80. The lowest BCUT2D eigenvalue weighted by atomic mass is 10.0. The average molecular weight is 270 g/mol. The molecule has 0 spiro atoms. The summed E-state index contributed by atoms with van der Waals surface area (Å²) in [4.78, 5) is 14.5. The average Bonchev–Trinajstić information content (AvgIpc) is 2.69. The van der Waals surface area contributed by atoms with Crippen LogP contribution in [0.15, 0.2) is 12.3 Å². The van der Waals surface area contributed by atoms with Gasteiger partial charge in [-0.1, -0.05) is 11.6 Å². The zero-order valence-electron chi connectivity index (χ0n) is 10.9. The summed E-state index contributed by atoms with van der Waals surface area (Å²) in [6.07, 6.45) is 5.13. The number of hydrogen-bond donors (Lipinski definition) is 1. The third kappa shape index (κ3) is 2.70. The quantitative estimate of drug-likeness (QED) is 0.910. The number of amides is 1. The fourth-order valence-electron chi connectivity index (χ4n) is 2.60. The van der Waals surface area contributed by atoms with Crippen LogP contribution in [-0.4, -0.2) is 41.6 Å². The molecule has 1 aliphatic rings. The maximum atomic E-state index is 12.5. The molecule has 1 N–H and O–H groups in total. The van der Waals surface area contributed by atoms with E-state index < -0.39 is 0 Å². The Balaban J connectivity index is 2.18. The van der Waals surface area contributed by atoms with Gasteiger partial charge in [-0.15, -0.1) is 0 Å². The van der Waals surface area contributed by atoms with E-state index in [-0.39, 0.29) is 5.91 Å². The van der Waals surface area contributed by atoms with Crippen LogP contribution in [0.4, 0.5) is 0 Å². The van der Waals surface area contributed by atoms with Crippen molar-refractivity contribution in [2.75, 3.05) is 20.1 Å². The minimum absolute atomic E-state index is 0.0874. The van der Waals surface area contributed by atoms with Crippen molar-refractivity contribution in [3.05, 3.63) is 23.0 Å². The summed E-state index contributed by atoms with van der Waals surface area (Å²) in [6, 6.07) is 2.04. The Labute approximate surface area is 113 Å². The van der Waals surface area contributed by atoms with Gasteiger partial charge in [-0.25, -0.2) is 0 Å². The topological polar surface area (TPSA) is 37.3 Å². The van der Waals surface area contributed by atoms with E-state index in [2.05, 4.69) is 5.32 Å². The molecule has 1 unspecified atom stereocenters. The van der Waals surface area contributed by atoms with E-state index >= 15 is 0 Å². The van der Waals surface area contributed by atoms with Gasteiger partial charge in [0.1, 0.15) is 5.69 Å². The van der Waals surface area contributed by atoms with E-state index in [1.54, 1.807) is 16.8 Å². The number of nitrogens with zero attached hydrogens (tertiary/aromatic N) is 2. The van der Waals surface area contributed by atoms with Crippen LogP contribution in [0, 0.1) is 0 Å². The van der Waals surface area contributed by atoms with Gasteiger partial charge in [-0.2, -0.15) is 0 Å². The summed E-state index contributed by atoms with van der Waals surface area (Å²) in [7, 11) is 3.78. The molecule has 0 aromatic carbocycles. The van der Waals surface area contributed by atoms with E-state index in [4.69, 9.17) is 11.6 Å². The first kappa shape index (κ1) is 13.4. The Morgan fingerprint density at radius 2 is 2.33 bits per heavy atom. The van der Waals surface area contributed by atoms with Crippen molar-refractivity contribution in [2.24, 2.45) is 7.05 Å². The highest BCUT2D eigenvalue weighted by Crippen LogP contribution is 2.21. The molecule has 0 saturated carbocycles. The van der Waals surface area contributed by atoms with Gasteiger partial charge in [-0.3, -0.25) is 4.79 Å². The summed E-state index contributed by atoms with van der Waals surface area (Å²) in [5.41, 5.74) is 0.669. The van der Waals surface area contributed by atoms with Crippen molar-refractivity contribution in [3.8, 4) is 0 Å². The molecule has 0 aliphatic carbocycles. The second-order valence-corrected chi connectivity index (χ2v) is 5.30. The molecule has 18 heavy (non-hydrogen) atoms. The summed E-state index contributed by atoms with van der Waals surface area (Å²) in [5.74, 6) is 0.0874. The van der Waals surface area contributed by atoms with Gasteiger partial charge < -0.3 is 14.8 Å². The Hall–Kier alpha value is -1.00. The minimum Gasteiger partial charge on any atom is -0.345 e. The van der Waals surface area contributed by atoms with Crippen LogP contribution in [0.2, 0.25) is 5.02 Å². The smallest absolute Gasteiger partial charge is 0.270 e. The Kier molecular flexibility index (Phi) is 4.30. The van der Waals surface area contributed by atoms with E-state index in [9.17, 15) is 4.79 Å². The molecule has 100 valence electrons.